The lowest BCUT2D eigenvalue weighted by Gasteiger charge is -2.09. The molecule has 88 valence electrons. The van der Waals surface area contributed by atoms with Gasteiger partial charge in [-0.05, 0) is 12.8 Å². The highest BCUT2D eigenvalue weighted by atomic mass is 32.2. The lowest BCUT2D eigenvalue weighted by Crippen LogP contribution is -2.21. The number of nitrogens with zero attached hydrogens (tertiary/aromatic N) is 3. The Morgan fingerprint density at radius 1 is 1.75 bits per heavy atom. The molecule has 0 radical (unpaired) electrons. The molecule has 2 atom stereocenters. The number of carbonyl (C=O) groups is 1. The fraction of sp³-hybridized carbons (Fsp3) is 0.667. The molecule has 0 amide bonds. The summed E-state index contributed by atoms with van der Waals surface area (Å²) in [7, 11) is 1.82. The summed E-state index contributed by atoms with van der Waals surface area (Å²) < 4.78 is 7.07. The Balaban J connectivity index is 1.80. The molecular weight excluding hydrogens is 230 g/mol. The van der Waals surface area contributed by atoms with Gasteiger partial charge in [-0.25, -0.2) is 14.5 Å². The average molecular weight is 243 g/mol. The molecule has 1 fully saturated rings. The van der Waals surface area contributed by atoms with Crippen LogP contribution in [0.2, 0.25) is 0 Å². The fourth-order valence-electron chi connectivity index (χ4n) is 1.59. The van der Waals surface area contributed by atoms with E-state index < -0.39 is 12.1 Å². The van der Waals surface area contributed by atoms with Crippen LogP contribution in [0.25, 0.3) is 0 Å². The molecule has 1 aromatic rings. The molecule has 2 heterocycles. The van der Waals surface area contributed by atoms with Gasteiger partial charge in [0.25, 0.3) is 0 Å². The smallest absolute Gasteiger partial charge is 0.332 e. The average Bonchev–Trinajstić information content (AvgIpc) is 2.83. The summed E-state index contributed by atoms with van der Waals surface area (Å²) in [6.07, 6.45) is 2.26. The molecule has 6 nitrogen and oxygen atoms in total. The molecule has 16 heavy (non-hydrogen) atoms. The summed E-state index contributed by atoms with van der Waals surface area (Å²) in [5, 5.41) is 13.5. The second-order valence-electron chi connectivity index (χ2n) is 3.64. The number of ether oxygens (including phenoxy) is 1. The molecule has 1 aliphatic rings. The zero-order chi connectivity index (χ0) is 11.5. The van der Waals surface area contributed by atoms with Crippen LogP contribution >= 0.6 is 11.8 Å². The Bertz CT molecular complexity index is 382. The van der Waals surface area contributed by atoms with Crippen LogP contribution in [0, 0.1) is 0 Å². The van der Waals surface area contributed by atoms with Crippen molar-refractivity contribution in [2.24, 2.45) is 7.05 Å². The summed E-state index contributed by atoms with van der Waals surface area (Å²) in [6.45, 7) is 0. The number of hydrogen-bond acceptors (Lipinski definition) is 5. The molecule has 0 bridgehead atoms. The number of hydrogen-bond donors (Lipinski definition) is 1. The molecule has 0 aliphatic carbocycles. The fourth-order valence-corrected chi connectivity index (χ4v) is 2.53. The molecule has 1 N–H and O–H groups in total. The maximum Gasteiger partial charge on any atom is 0.332 e. The number of thioether (sulfide) groups is 1. The normalized spacial score (nSPS) is 24.8. The first kappa shape index (κ1) is 11.4. The van der Waals surface area contributed by atoms with Crippen LogP contribution in [0.1, 0.15) is 12.8 Å². The van der Waals surface area contributed by atoms with Crippen LogP contribution in [0.15, 0.2) is 11.5 Å². The van der Waals surface area contributed by atoms with E-state index in [9.17, 15) is 4.79 Å². The van der Waals surface area contributed by atoms with Crippen molar-refractivity contribution in [3.63, 3.8) is 0 Å². The third-order valence-corrected chi connectivity index (χ3v) is 3.62. The molecule has 2 rings (SSSR count). The minimum Gasteiger partial charge on any atom is -0.479 e. The van der Waals surface area contributed by atoms with E-state index in [0.717, 1.165) is 17.3 Å². The Hall–Kier alpha value is -1.08. The summed E-state index contributed by atoms with van der Waals surface area (Å²) in [6, 6.07) is 0. The summed E-state index contributed by atoms with van der Waals surface area (Å²) in [5.41, 5.74) is 0. The van der Waals surface area contributed by atoms with E-state index >= 15 is 0 Å². The summed E-state index contributed by atoms with van der Waals surface area (Å²) in [5.74, 6) is -0.151. The van der Waals surface area contributed by atoms with Crippen LogP contribution in [0.4, 0.5) is 0 Å². The largest absolute Gasteiger partial charge is 0.479 e. The molecule has 0 saturated carbocycles. The first-order chi connectivity index (χ1) is 7.66. The van der Waals surface area contributed by atoms with Crippen molar-refractivity contribution < 1.29 is 14.6 Å². The first-order valence-electron chi connectivity index (χ1n) is 5.02. The molecule has 1 aromatic heterocycles. The Morgan fingerprint density at radius 2 is 2.56 bits per heavy atom. The van der Waals surface area contributed by atoms with Gasteiger partial charge in [0.05, 0.1) is 6.10 Å². The van der Waals surface area contributed by atoms with Crippen molar-refractivity contribution in [2.75, 3.05) is 5.75 Å². The van der Waals surface area contributed by atoms with Gasteiger partial charge in [0.2, 0.25) is 0 Å². The number of aliphatic carboxylic acids is 1. The van der Waals surface area contributed by atoms with E-state index in [1.54, 1.807) is 4.68 Å². The maximum absolute atomic E-state index is 10.7. The van der Waals surface area contributed by atoms with Crippen LogP contribution in [0.3, 0.4) is 0 Å². The molecule has 0 spiro atoms. The third kappa shape index (κ3) is 2.53. The van der Waals surface area contributed by atoms with E-state index in [0.29, 0.717) is 6.42 Å². The van der Waals surface area contributed by atoms with Crippen molar-refractivity contribution in [2.45, 2.75) is 30.2 Å². The van der Waals surface area contributed by atoms with E-state index in [1.807, 2.05) is 7.05 Å². The van der Waals surface area contributed by atoms with Crippen molar-refractivity contribution in [3.8, 4) is 0 Å². The van der Waals surface area contributed by atoms with Gasteiger partial charge in [-0.15, -0.1) is 0 Å². The Morgan fingerprint density at radius 3 is 3.12 bits per heavy atom. The highest BCUT2D eigenvalue weighted by Gasteiger charge is 2.30. The van der Waals surface area contributed by atoms with Gasteiger partial charge >= 0.3 is 5.97 Å². The standard InChI is InChI=1S/C9H13N3O3S/c1-12-9(10-5-11-12)16-4-6-2-3-7(15-6)8(13)14/h5-7H,2-4H2,1H3,(H,13,14). The van der Waals surface area contributed by atoms with Crippen molar-refractivity contribution >= 4 is 17.7 Å². The van der Waals surface area contributed by atoms with E-state index in [-0.39, 0.29) is 6.10 Å². The highest BCUT2D eigenvalue weighted by molar-refractivity contribution is 7.99. The van der Waals surface area contributed by atoms with Gasteiger partial charge in [-0.2, -0.15) is 5.10 Å². The predicted molar refractivity (Wildman–Crippen MR) is 57.3 cm³/mol. The van der Waals surface area contributed by atoms with Crippen LogP contribution in [-0.4, -0.2) is 43.8 Å². The Labute approximate surface area is 97.0 Å². The van der Waals surface area contributed by atoms with Crippen molar-refractivity contribution in [1.29, 1.82) is 0 Å². The molecule has 0 aromatic carbocycles. The molecule has 1 aliphatic heterocycles. The summed E-state index contributed by atoms with van der Waals surface area (Å²) >= 11 is 1.54. The van der Waals surface area contributed by atoms with Crippen LogP contribution in [-0.2, 0) is 16.6 Å². The first-order valence-corrected chi connectivity index (χ1v) is 6.00. The lowest BCUT2D eigenvalue weighted by atomic mass is 10.2. The number of aryl methyl sites for hydroxylation is 1. The van der Waals surface area contributed by atoms with Crippen LogP contribution in [0.5, 0.6) is 0 Å². The zero-order valence-corrected chi connectivity index (χ0v) is 9.68. The molecular formula is C9H13N3O3S. The van der Waals surface area contributed by atoms with Crippen LogP contribution < -0.4 is 0 Å². The number of aromatic nitrogens is 3. The Kier molecular flexibility index (Phi) is 3.45. The summed E-state index contributed by atoms with van der Waals surface area (Å²) in [4.78, 5) is 14.7. The monoisotopic (exact) mass is 243 g/mol. The van der Waals surface area contributed by atoms with Gasteiger partial charge in [0.1, 0.15) is 6.33 Å². The quantitative estimate of drug-likeness (QED) is 0.778. The second kappa shape index (κ2) is 4.84. The molecule has 7 heteroatoms. The van der Waals surface area contributed by atoms with Gasteiger partial charge < -0.3 is 9.84 Å². The minimum absolute atomic E-state index is 0.00259. The van der Waals surface area contributed by atoms with E-state index in [4.69, 9.17) is 9.84 Å². The molecule has 2 unspecified atom stereocenters. The van der Waals surface area contributed by atoms with Crippen molar-refractivity contribution in [3.05, 3.63) is 6.33 Å². The van der Waals surface area contributed by atoms with E-state index in [1.165, 1.54) is 18.1 Å². The zero-order valence-electron chi connectivity index (χ0n) is 8.87. The number of carboxylic acid groups (broad SMARTS) is 1. The van der Waals surface area contributed by atoms with Gasteiger partial charge in [0, 0.05) is 12.8 Å². The number of rotatable bonds is 4. The molecule has 1 saturated heterocycles. The SMILES string of the molecule is Cn1ncnc1SCC1CCC(C(=O)O)O1. The number of carboxylic acids is 1. The topological polar surface area (TPSA) is 77.2 Å². The predicted octanol–water partition coefficient (Wildman–Crippen LogP) is 0.539. The lowest BCUT2D eigenvalue weighted by molar-refractivity contribution is -0.148. The van der Waals surface area contributed by atoms with Gasteiger partial charge in [0.15, 0.2) is 11.3 Å². The van der Waals surface area contributed by atoms with Gasteiger partial charge in [-0.3, -0.25) is 0 Å². The maximum atomic E-state index is 10.7. The van der Waals surface area contributed by atoms with Crippen molar-refractivity contribution in [1.82, 2.24) is 14.8 Å². The van der Waals surface area contributed by atoms with Gasteiger partial charge in [-0.1, -0.05) is 11.8 Å². The minimum atomic E-state index is -0.869. The second-order valence-corrected chi connectivity index (χ2v) is 4.63. The third-order valence-electron chi connectivity index (χ3n) is 2.45. The van der Waals surface area contributed by atoms with E-state index in [2.05, 4.69) is 10.1 Å². The highest BCUT2D eigenvalue weighted by Crippen LogP contribution is 2.25.